The van der Waals surface area contributed by atoms with Gasteiger partial charge in [-0.3, -0.25) is 4.98 Å². The lowest BCUT2D eigenvalue weighted by Gasteiger charge is -2.38. The number of pyridine rings is 1. The summed E-state index contributed by atoms with van der Waals surface area (Å²) in [6.07, 6.45) is 13.3. The van der Waals surface area contributed by atoms with E-state index in [1.54, 1.807) is 18.5 Å². The van der Waals surface area contributed by atoms with Crippen LogP contribution in [0.4, 0.5) is 0 Å². The standard InChI is InChI=1S/C25H29NO3/c1-2-3-9-25(10-5-4-6-11-25)20-16-22(27)21-15-19(24(28)29-23(21)17-20)14-18-7-12-26-13-8-18/h7-8,12-13,15-17,27H,2-6,9-11,14H2,1H3. The fraction of sp³-hybridized carbons (Fsp3) is 0.440. The lowest BCUT2D eigenvalue weighted by Crippen LogP contribution is -2.29. The molecule has 1 fully saturated rings. The van der Waals surface area contributed by atoms with Crippen molar-refractivity contribution in [2.75, 3.05) is 0 Å². The van der Waals surface area contributed by atoms with Gasteiger partial charge in [0.1, 0.15) is 11.3 Å². The van der Waals surface area contributed by atoms with Crippen molar-refractivity contribution in [3.05, 3.63) is 69.8 Å². The Hall–Kier alpha value is -2.62. The first-order valence-electron chi connectivity index (χ1n) is 10.8. The third-order valence-electron chi connectivity index (χ3n) is 6.48. The summed E-state index contributed by atoms with van der Waals surface area (Å²) < 4.78 is 5.70. The second-order valence-corrected chi connectivity index (χ2v) is 8.44. The van der Waals surface area contributed by atoms with Crippen LogP contribution in [0.15, 0.2) is 51.9 Å². The molecule has 29 heavy (non-hydrogen) atoms. The third kappa shape index (κ3) is 4.07. The van der Waals surface area contributed by atoms with Gasteiger partial charge < -0.3 is 9.52 Å². The predicted octanol–water partition coefficient (Wildman–Crippen LogP) is 5.88. The Balaban J connectivity index is 1.75. The van der Waals surface area contributed by atoms with Crippen LogP contribution in [0.5, 0.6) is 5.75 Å². The summed E-state index contributed by atoms with van der Waals surface area (Å²) in [4.78, 5) is 16.6. The number of benzene rings is 1. The zero-order chi connectivity index (χ0) is 20.3. The van der Waals surface area contributed by atoms with Crippen LogP contribution >= 0.6 is 0 Å². The van der Waals surface area contributed by atoms with Crippen LogP contribution < -0.4 is 5.63 Å². The molecule has 0 aliphatic heterocycles. The highest BCUT2D eigenvalue weighted by Gasteiger charge is 2.34. The third-order valence-corrected chi connectivity index (χ3v) is 6.48. The highest BCUT2D eigenvalue weighted by atomic mass is 16.4. The average molecular weight is 392 g/mol. The molecule has 0 saturated heterocycles. The highest BCUT2D eigenvalue weighted by Crippen LogP contribution is 2.45. The van der Waals surface area contributed by atoms with Gasteiger partial charge in [0.25, 0.3) is 0 Å². The summed E-state index contributed by atoms with van der Waals surface area (Å²) in [6, 6.07) is 9.47. The second-order valence-electron chi connectivity index (χ2n) is 8.44. The second kappa shape index (κ2) is 8.40. The number of rotatable bonds is 6. The van der Waals surface area contributed by atoms with Gasteiger partial charge >= 0.3 is 5.63 Å². The maximum Gasteiger partial charge on any atom is 0.339 e. The van der Waals surface area contributed by atoms with Gasteiger partial charge in [0.15, 0.2) is 0 Å². The summed E-state index contributed by atoms with van der Waals surface area (Å²) in [5, 5.41) is 11.4. The Kier molecular flexibility index (Phi) is 5.70. The number of aromatic nitrogens is 1. The van der Waals surface area contributed by atoms with Gasteiger partial charge in [-0.25, -0.2) is 4.79 Å². The first kappa shape index (κ1) is 19.7. The maximum atomic E-state index is 12.6. The van der Waals surface area contributed by atoms with E-state index in [-0.39, 0.29) is 16.8 Å². The van der Waals surface area contributed by atoms with Crippen molar-refractivity contribution in [1.82, 2.24) is 4.98 Å². The van der Waals surface area contributed by atoms with E-state index in [0.717, 1.165) is 36.8 Å². The molecular weight excluding hydrogens is 362 g/mol. The molecular formula is C25H29NO3. The molecule has 1 aromatic carbocycles. The van der Waals surface area contributed by atoms with E-state index in [1.807, 2.05) is 24.3 Å². The molecule has 2 heterocycles. The molecule has 0 unspecified atom stereocenters. The van der Waals surface area contributed by atoms with Crippen molar-refractivity contribution in [3.8, 4) is 5.75 Å². The van der Waals surface area contributed by atoms with Crippen molar-refractivity contribution >= 4 is 11.0 Å². The van der Waals surface area contributed by atoms with E-state index < -0.39 is 0 Å². The Labute approximate surface area is 171 Å². The van der Waals surface area contributed by atoms with Crippen molar-refractivity contribution < 1.29 is 9.52 Å². The minimum Gasteiger partial charge on any atom is -0.507 e. The molecule has 1 aliphatic rings. The van der Waals surface area contributed by atoms with Crippen LogP contribution in [-0.4, -0.2) is 10.1 Å². The van der Waals surface area contributed by atoms with Crippen LogP contribution in [0.2, 0.25) is 0 Å². The first-order chi connectivity index (χ1) is 14.1. The van der Waals surface area contributed by atoms with Crippen LogP contribution in [0.1, 0.15) is 75.0 Å². The quantitative estimate of drug-likeness (QED) is 0.533. The smallest absolute Gasteiger partial charge is 0.339 e. The average Bonchev–Trinajstić information content (AvgIpc) is 2.74. The van der Waals surface area contributed by atoms with Crippen molar-refractivity contribution in [2.45, 2.75) is 70.1 Å². The molecule has 1 aliphatic carbocycles. The van der Waals surface area contributed by atoms with E-state index in [1.165, 1.54) is 25.7 Å². The van der Waals surface area contributed by atoms with E-state index >= 15 is 0 Å². The summed E-state index contributed by atoms with van der Waals surface area (Å²) in [5.74, 6) is 0.207. The van der Waals surface area contributed by atoms with Crippen LogP contribution in [0.3, 0.4) is 0 Å². The molecule has 0 spiro atoms. The van der Waals surface area contributed by atoms with E-state index in [9.17, 15) is 9.90 Å². The summed E-state index contributed by atoms with van der Waals surface area (Å²) >= 11 is 0. The molecule has 0 amide bonds. The summed E-state index contributed by atoms with van der Waals surface area (Å²) in [5.41, 5.74) is 2.91. The van der Waals surface area contributed by atoms with Gasteiger partial charge in [-0.05, 0) is 66.1 Å². The number of aromatic hydroxyl groups is 1. The van der Waals surface area contributed by atoms with Crippen LogP contribution in [0, 0.1) is 0 Å². The predicted molar refractivity (Wildman–Crippen MR) is 115 cm³/mol. The number of nitrogens with zero attached hydrogens (tertiary/aromatic N) is 1. The van der Waals surface area contributed by atoms with Gasteiger partial charge in [-0.1, -0.05) is 39.0 Å². The molecule has 2 aromatic heterocycles. The number of phenolic OH excluding ortho intramolecular Hbond substituents is 1. The molecule has 4 heteroatoms. The number of unbranched alkanes of at least 4 members (excludes halogenated alkanes) is 1. The molecule has 0 atom stereocenters. The minimum absolute atomic E-state index is 0.0915. The number of fused-ring (bicyclic) bond motifs is 1. The fourth-order valence-corrected chi connectivity index (χ4v) is 4.82. The summed E-state index contributed by atoms with van der Waals surface area (Å²) in [7, 11) is 0. The van der Waals surface area contributed by atoms with Gasteiger partial charge in [0.05, 0.1) is 5.39 Å². The van der Waals surface area contributed by atoms with E-state index in [4.69, 9.17) is 4.42 Å². The van der Waals surface area contributed by atoms with Gasteiger partial charge in [-0.2, -0.15) is 0 Å². The highest BCUT2D eigenvalue weighted by molar-refractivity contribution is 5.84. The molecule has 0 radical (unpaired) electrons. The minimum atomic E-state index is -0.336. The molecule has 1 N–H and O–H groups in total. The largest absolute Gasteiger partial charge is 0.507 e. The van der Waals surface area contributed by atoms with Gasteiger partial charge in [0, 0.05) is 24.4 Å². The molecule has 4 rings (SSSR count). The molecule has 0 bridgehead atoms. The lowest BCUT2D eigenvalue weighted by molar-refractivity contribution is 0.266. The zero-order valence-electron chi connectivity index (χ0n) is 17.1. The topological polar surface area (TPSA) is 63.3 Å². The zero-order valence-corrected chi connectivity index (χ0v) is 17.1. The maximum absolute atomic E-state index is 12.6. The fourth-order valence-electron chi connectivity index (χ4n) is 4.82. The monoisotopic (exact) mass is 391 g/mol. The Bertz CT molecular complexity index is 1030. The first-order valence-corrected chi connectivity index (χ1v) is 10.8. The van der Waals surface area contributed by atoms with E-state index in [0.29, 0.717) is 23.0 Å². The molecule has 152 valence electrons. The van der Waals surface area contributed by atoms with E-state index in [2.05, 4.69) is 11.9 Å². The number of hydrogen-bond donors (Lipinski definition) is 1. The van der Waals surface area contributed by atoms with Crippen molar-refractivity contribution in [1.29, 1.82) is 0 Å². The normalized spacial score (nSPS) is 16.2. The molecule has 4 nitrogen and oxygen atoms in total. The SMILES string of the molecule is CCCCC1(c2cc(O)c3cc(Cc4ccncc4)c(=O)oc3c2)CCCCC1. The van der Waals surface area contributed by atoms with Crippen molar-refractivity contribution in [2.24, 2.45) is 0 Å². The molecule has 1 saturated carbocycles. The number of phenols is 1. The molecule has 3 aromatic rings. The van der Waals surface area contributed by atoms with Crippen molar-refractivity contribution in [3.63, 3.8) is 0 Å². The Morgan fingerprint density at radius 2 is 1.86 bits per heavy atom. The van der Waals surface area contributed by atoms with Gasteiger partial charge in [0.2, 0.25) is 0 Å². The Morgan fingerprint density at radius 1 is 1.10 bits per heavy atom. The van der Waals surface area contributed by atoms with Crippen LogP contribution in [0.25, 0.3) is 11.0 Å². The Morgan fingerprint density at radius 3 is 2.59 bits per heavy atom. The van der Waals surface area contributed by atoms with Crippen LogP contribution in [-0.2, 0) is 11.8 Å². The van der Waals surface area contributed by atoms with Gasteiger partial charge in [-0.15, -0.1) is 0 Å². The lowest BCUT2D eigenvalue weighted by atomic mass is 9.66. The number of hydrogen-bond acceptors (Lipinski definition) is 4. The summed E-state index contributed by atoms with van der Waals surface area (Å²) in [6.45, 7) is 2.22.